The fourth-order valence-electron chi connectivity index (χ4n) is 1.42. The van der Waals surface area contributed by atoms with Gasteiger partial charge in [-0.1, -0.05) is 30.3 Å². The first-order valence-corrected chi connectivity index (χ1v) is 4.83. The number of hydrogen-bond acceptors (Lipinski definition) is 2. The highest BCUT2D eigenvalue weighted by Gasteiger charge is 2.05. The summed E-state index contributed by atoms with van der Waals surface area (Å²) >= 11 is 0. The minimum atomic E-state index is 0.0433. The Kier molecular flexibility index (Phi) is 2.63. The minimum absolute atomic E-state index is 0.0433. The van der Waals surface area contributed by atoms with E-state index in [-0.39, 0.29) is 5.91 Å². The molecule has 0 N–H and O–H groups in total. The van der Waals surface area contributed by atoms with Gasteiger partial charge in [-0.2, -0.15) is 0 Å². The van der Waals surface area contributed by atoms with Gasteiger partial charge in [0.2, 0.25) is 5.91 Å². The topological polar surface area (TPSA) is 34.9 Å². The second kappa shape index (κ2) is 4.09. The largest absolute Gasteiger partial charge is 0.276 e. The summed E-state index contributed by atoms with van der Waals surface area (Å²) in [4.78, 5) is 15.8. The van der Waals surface area contributed by atoms with Crippen molar-refractivity contribution < 1.29 is 4.79 Å². The molecule has 0 amide bonds. The molecule has 0 aliphatic carbocycles. The second-order valence-corrected chi connectivity index (χ2v) is 3.48. The fourth-order valence-corrected chi connectivity index (χ4v) is 1.42. The molecule has 15 heavy (non-hydrogen) atoms. The zero-order valence-corrected chi connectivity index (χ0v) is 8.55. The van der Waals surface area contributed by atoms with Gasteiger partial charge in [0.1, 0.15) is 6.33 Å². The highest BCUT2D eigenvalue weighted by atomic mass is 16.2. The van der Waals surface area contributed by atoms with Gasteiger partial charge >= 0.3 is 0 Å². The summed E-state index contributed by atoms with van der Waals surface area (Å²) in [5.74, 6) is 0.0433. The SMILES string of the molecule is Cc1cn(C(=O)Cc2ccccc2)cn1. The quantitative estimate of drug-likeness (QED) is 0.743. The first-order valence-electron chi connectivity index (χ1n) is 4.83. The fraction of sp³-hybridized carbons (Fsp3) is 0.167. The Bertz CT molecular complexity index is 459. The van der Waals surface area contributed by atoms with Gasteiger partial charge in [0, 0.05) is 6.20 Å². The van der Waals surface area contributed by atoms with Crippen LogP contribution in [-0.4, -0.2) is 15.5 Å². The van der Waals surface area contributed by atoms with E-state index in [9.17, 15) is 4.79 Å². The van der Waals surface area contributed by atoms with Crippen LogP contribution in [0.15, 0.2) is 42.9 Å². The zero-order valence-electron chi connectivity index (χ0n) is 8.55. The number of benzene rings is 1. The van der Waals surface area contributed by atoms with Crippen molar-refractivity contribution in [3.05, 3.63) is 54.1 Å². The molecule has 1 heterocycles. The van der Waals surface area contributed by atoms with Gasteiger partial charge in [-0.3, -0.25) is 9.36 Å². The Morgan fingerprint density at radius 3 is 2.67 bits per heavy atom. The number of nitrogens with zero attached hydrogens (tertiary/aromatic N) is 2. The van der Waals surface area contributed by atoms with E-state index >= 15 is 0 Å². The highest BCUT2D eigenvalue weighted by Crippen LogP contribution is 2.02. The van der Waals surface area contributed by atoms with Crippen molar-refractivity contribution in [1.82, 2.24) is 9.55 Å². The Labute approximate surface area is 88.4 Å². The van der Waals surface area contributed by atoms with Gasteiger partial charge in [0.15, 0.2) is 0 Å². The molecule has 2 rings (SSSR count). The summed E-state index contributed by atoms with van der Waals surface area (Å²) in [5.41, 5.74) is 1.88. The van der Waals surface area contributed by atoms with Crippen LogP contribution in [0.1, 0.15) is 16.1 Å². The van der Waals surface area contributed by atoms with E-state index in [0.29, 0.717) is 6.42 Å². The minimum Gasteiger partial charge on any atom is -0.276 e. The predicted octanol–water partition coefficient (Wildman–Crippen LogP) is 2.07. The average Bonchev–Trinajstić information content (AvgIpc) is 2.66. The van der Waals surface area contributed by atoms with E-state index in [2.05, 4.69) is 4.98 Å². The maximum Gasteiger partial charge on any atom is 0.236 e. The predicted molar refractivity (Wildman–Crippen MR) is 57.7 cm³/mol. The van der Waals surface area contributed by atoms with Gasteiger partial charge < -0.3 is 0 Å². The number of imidazole rings is 1. The molecule has 3 heteroatoms. The molecule has 0 radical (unpaired) electrons. The number of aryl methyl sites for hydroxylation is 1. The molecule has 0 bridgehead atoms. The lowest BCUT2D eigenvalue weighted by Gasteiger charge is -2.00. The summed E-state index contributed by atoms with van der Waals surface area (Å²) in [7, 11) is 0. The monoisotopic (exact) mass is 200 g/mol. The molecule has 76 valence electrons. The van der Waals surface area contributed by atoms with Crippen LogP contribution < -0.4 is 0 Å². The third-order valence-corrected chi connectivity index (χ3v) is 2.20. The number of hydrogen-bond donors (Lipinski definition) is 0. The summed E-state index contributed by atoms with van der Waals surface area (Å²) in [6.07, 6.45) is 3.71. The molecule has 0 aliphatic rings. The summed E-state index contributed by atoms with van der Waals surface area (Å²) < 4.78 is 1.53. The van der Waals surface area contributed by atoms with E-state index in [1.54, 1.807) is 12.5 Å². The van der Waals surface area contributed by atoms with Crippen molar-refractivity contribution in [2.75, 3.05) is 0 Å². The lowest BCUT2D eigenvalue weighted by molar-refractivity contribution is 0.0914. The standard InChI is InChI=1S/C12H12N2O/c1-10-8-14(9-13-10)12(15)7-11-5-3-2-4-6-11/h2-6,8-9H,7H2,1H3. The van der Waals surface area contributed by atoms with Crippen molar-refractivity contribution >= 4 is 5.91 Å². The number of aromatic nitrogens is 2. The van der Waals surface area contributed by atoms with Crippen LogP contribution in [0.3, 0.4) is 0 Å². The lowest BCUT2D eigenvalue weighted by Crippen LogP contribution is -2.11. The lowest BCUT2D eigenvalue weighted by atomic mass is 10.1. The first kappa shape index (κ1) is 9.65. The molecule has 1 aromatic carbocycles. The van der Waals surface area contributed by atoms with Crippen LogP contribution in [0.5, 0.6) is 0 Å². The molecular weight excluding hydrogens is 188 g/mol. The molecule has 3 nitrogen and oxygen atoms in total. The molecule has 0 saturated carbocycles. The Morgan fingerprint density at radius 1 is 1.33 bits per heavy atom. The maximum atomic E-state index is 11.8. The second-order valence-electron chi connectivity index (χ2n) is 3.48. The molecule has 1 aromatic heterocycles. The molecule has 2 aromatic rings. The molecule has 0 fully saturated rings. The third kappa shape index (κ3) is 2.31. The Hall–Kier alpha value is -1.90. The van der Waals surface area contributed by atoms with E-state index in [1.807, 2.05) is 37.3 Å². The first-order chi connectivity index (χ1) is 7.25. The molecule has 0 aliphatic heterocycles. The molecule has 0 atom stereocenters. The van der Waals surface area contributed by atoms with Crippen molar-refractivity contribution in [2.45, 2.75) is 13.3 Å². The third-order valence-electron chi connectivity index (χ3n) is 2.20. The summed E-state index contributed by atoms with van der Waals surface area (Å²) in [6.45, 7) is 1.87. The van der Waals surface area contributed by atoms with Gasteiger partial charge in [-0.05, 0) is 12.5 Å². The van der Waals surface area contributed by atoms with Gasteiger partial charge in [-0.25, -0.2) is 4.98 Å². The molecule has 0 spiro atoms. The van der Waals surface area contributed by atoms with E-state index in [4.69, 9.17) is 0 Å². The van der Waals surface area contributed by atoms with Crippen LogP contribution in [0.4, 0.5) is 0 Å². The van der Waals surface area contributed by atoms with E-state index in [0.717, 1.165) is 11.3 Å². The zero-order chi connectivity index (χ0) is 10.7. The van der Waals surface area contributed by atoms with Gasteiger partial charge in [-0.15, -0.1) is 0 Å². The average molecular weight is 200 g/mol. The number of rotatable bonds is 2. The van der Waals surface area contributed by atoms with Crippen molar-refractivity contribution in [1.29, 1.82) is 0 Å². The molecule has 0 saturated heterocycles. The normalized spacial score (nSPS) is 10.2. The molecule has 0 unspecified atom stereocenters. The Balaban J connectivity index is 2.11. The van der Waals surface area contributed by atoms with Crippen molar-refractivity contribution in [2.24, 2.45) is 0 Å². The van der Waals surface area contributed by atoms with Gasteiger partial charge in [0.05, 0.1) is 12.1 Å². The van der Waals surface area contributed by atoms with Crippen LogP contribution in [0, 0.1) is 6.92 Å². The highest BCUT2D eigenvalue weighted by molar-refractivity contribution is 5.81. The van der Waals surface area contributed by atoms with E-state index < -0.39 is 0 Å². The molecular formula is C12H12N2O. The maximum absolute atomic E-state index is 11.8. The number of carbonyl (C=O) groups excluding carboxylic acids is 1. The van der Waals surface area contributed by atoms with Crippen molar-refractivity contribution in [3.8, 4) is 0 Å². The summed E-state index contributed by atoms with van der Waals surface area (Å²) in [5, 5.41) is 0. The van der Waals surface area contributed by atoms with Crippen LogP contribution >= 0.6 is 0 Å². The summed E-state index contributed by atoms with van der Waals surface area (Å²) in [6, 6.07) is 9.70. The number of carbonyl (C=O) groups is 1. The Morgan fingerprint density at radius 2 is 2.07 bits per heavy atom. The van der Waals surface area contributed by atoms with E-state index in [1.165, 1.54) is 4.57 Å². The van der Waals surface area contributed by atoms with Crippen LogP contribution in [0.25, 0.3) is 0 Å². The van der Waals surface area contributed by atoms with Crippen LogP contribution in [-0.2, 0) is 6.42 Å². The smallest absolute Gasteiger partial charge is 0.236 e. The van der Waals surface area contributed by atoms with Crippen molar-refractivity contribution in [3.63, 3.8) is 0 Å². The van der Waals surface area contributed by atoms with Crippen LogP contribution in [0.2, 0.25) is 0 Å². The van der Waals surface area contributed by atoms with Gasteiger partial charge in [0.25, 0.3) is 0 Å².